The second-order valence-corrected chi connectivity index (χ2v) is 5.27. The third-order valence-electron chi connectivity index (χ3n) is 3.48. The molecule has 0 bridgehead atoms. The molecule has 0 spiro atoms. The molecule has 0 fully saturated rings. The van der Waals surface area contributed by atoms with Crippen LogP contribution in [0.2, 0.25) is 0 Å². The number of esters is 1. The van der Waals surface area contributed by atoms with Gasteiger partial charge in [-0.3, -0.25) is 9.59 Å². The molecule has 0 saturated heterocycles. The lowest BCUT2D eigenvalue weighted by atomic mass is 10.0. The third kappa shape index (κ3) is 4.55. The average Bonchev–Trinajstić information content (AvgIpc) is 3.05. The fraction of sp³-hybridized carbons (Fsp3) is 0.471. The van der Waals surface area contributed by atoms with Crippen LogP contribution in [0.4, 0.5) is 0 Å². The fourth-order valence-electron chi connectivity index (χ4n) is 2.41. The van der Waals surface area contributed by atoms with E-state index in [1.54, 1.807) is 6.92 Å². The number of oxime groups is 1. The van der Waals surface area contributed by atoms with Crippen LogP contribution in [0.5, 0.6) is 0 Å². The summed E-state index contributed by atoms with van der Waals surface area (Å²) in [4.78, 5) is 31.0. The van der Waals surface area contributed by atoms with Gasteiger partial charge in [-0.15, -0.1) is 0 Å². The van der Waals surface area contributed by atoms with E-state index in [1.807, 2.05) is 37.3 Å². The number of amides is 1. The van der Waals surface area contributed by atoms with E-state index < -0.39 is 12.1 Å². The molecule has 1 aromatic rings. The van der Waals surface area contributed by atoms with Crippen LogP contribution in [0, 0.1) is 0 Å². The molecule has 0 aromatic heterocycles. The Hall–Kier alpha value is -2.37. The number of nitrogens with zero attached hydrogens (tertiary/aromatic N) is 2. The topological polar surface area (TPSA) is 68.2 Å². The second kappa shape index (κ2) is 8.31. The van der Waals surface area contributed by atoms with Gasteiger partial charge in [-0.25, -0.2) is 0 Å². The van der Waals surface area contributed by atoms with E-state index in [2.05, 4.69) is 5.16 Å². The third-order valence-corrected chi connectivity index (χ3v) is 3.48. The molecule has 0 aliphatic carbocycles. The molecule has 23 heavy (non-hydrogen) atoms. The van der Waals surface area contributed by atoms with Crippen molar-refractivity contribution < 1.29 is 19.2 Å². The van der Waals surface area contributed by atoms with Crippen LogP contribution in [0.3, 0.4) is 0 Å². The zero-order valence-electron chi connectivity index (χ0n) is 13.5. The van der Waals surface area contributed by atoms with Crippen molar-refractivity contribution in [1.82, 2.24) is 4.90 Å². The van der Waals surface area contributed by atoms with Gasteiger partial charge < -0.3 is 14.5 Å². The Balaban J connectivity index is 1.97. The van der Waals surface area contributed by atoms with Crippen molar-refractivity contribution in [3.8, 4) is 0 Å². The Morgan fingerprint density at radius 3 is 2.70 bits per heavy atom. The Morgan fingerprint density at radius 1 is 1.30 bits per heavy atom. The van der Waals surface area contributed by atoms with Crippen molar-refractivity contribution in [3.63, 3.8) is 0 Å². The molecule has 1 atom stereocenters. The van der Waals surface area contributed by atoms with E-state index in [-0.39, 0.29) is 12.5 Å². The summed E-state index contributed by atoms with van der Waals surface area (Å²) in [6.45, 7) is 4.42. The molecule has 124 valence electrons. The largest absolute Gasteiger partial charge is 0.465 e. The molecule has 2 rings (SSSR count). The van der Waals surface area contributed by atoms with Gasteiger partial charge >= 0.3 is 5.97 Å². The van der Waals surface area contributed by atoms with Crippen molar-refractivity contribution in [3.05, 3.63) is 35.9 Å². The van der Waals surface area contributed by atoms with E-state index in [4.69, 9.17) is 9.57 Å². The summed E-state index contributed by atoms with van der Waals surface area (Å²) < 4.78 is 4.92. The highest BCUT2D eigenvalue weighted by atomic mass is 16.6. The van der Waals surface area contributed by atoms with Crippen molar-refractivity contribution in [2.75, 3.05) is 19.7 Å². The predicted molar refractivity (Wildman–Crippen MR) is 86.0 cm³/mol. The van der Waals surface area contributed by atoms with Gasteiger partial charge in [0.2, 0.25) is 6.10 Å². The Morgan fingerprint density at radius 2 is 2.04 bits per heavy atom. The van der Waals surface area contributed by atoms with Crippen molar-refractivity contribution >= 4 is 17.6 Å². The summed E-state index contributed by atoms with van der Waals surface area (Å²) in [7, 11) is 0. The zero-order valence-corrected chi connectivity index (χ0v) is 13.5. The van der Waals surface area contributed by atoms with Crippen LogP contribution >= 0.6 is 0 Å². The lowest BCUT2D eigenvalue weighted by molar-refractivity contribution is -0.152. The number of hydrogen-bond acceptors (Lipinski definition) is 5. The van der Waals surface area contributed by atoms with Gasteiger partial charge in [0.1, 0.15) is 6.54 Å². The summed E-state index contributed by atoms with van der Waals surface area (Å²) in [6, 6.07) is 9.61. The summed E-state index contributed by atoms with van der Waals surface area (Å²) in [6.07, 6.45) is 0.488. The highest BCUT2D eigenvalue weighted by Gasteiger charge is 2.33. The molecule has 0 radical (unpaired) electrons. The minimum absolute atomic E-state index is 0.0545. The quantitative estimate of drug-likeness (QED) is 0.721. The van der Waals surface area contributed by atoms with E-state index in [9.17, 15) is 9.59 Å². The summed E-state index contributed by atoms with van der Waals surface area (Å²) in [5.41, 5.74) is 1.69. The Labute approximate surface area is 136 Å². The molecule has 6 nitrogen and oxygen atoms in total. The van der Waals surface area contributed by atoms with E-state index in [0.717, 1.165) is 17.7 Å². The molecule has 1 aromatic carbocycles. The maximum Gasteiger partial charge on any atom is 0.325 e. The molecular formula is C17H22N2O4. The minimum Gasteiger partial charge on any atom is -0.465 e. The minimum atomic E-state index is -0.675. The molecule has 1 unspecified atom stereocenters. The van der Waals surface area contributed by atoms with Gasteiger partial charge in [0.15, 0.2) is 0 Å². The normalized spacial score (nSPS) is 16.4. The number of carbonyl (C=O) groups excluding carboxylic acids is 2. The molecule has 1 aliphatic heterocycles. The molecule has 1 aliphatic rings. The van der Waals surface area contributed by atoms with Crippen LogP contribution in [0.25, 0.3) is 0 Å². The lowest BCUT2D eigenvalue weighted by Gasteiger charge is -2.23. The number of rotatable bonds is 7. The summed E-state index contributed by atoms with van der Waals surface area (Å²) >= 11 is 0. The smallest absolute Gasteiger partial charge is 0.325 e. The van der Waals surface area contributed by atoms with Crippen LogP contribution < -0.4 is 0 Å². The zero-order chi connectivity index (χ0) is 16.7. The number of benzene rings is 1. The van der Waals surface area contributed by atoms with Gasteiger partial charge in [-0.05, 0) is 18.9 Å². The lowest BCUT2D eigenvalue weighted by Crippen LogP contribution is -2.43. The van der Waals surface area contributed by atoms with E-state index in [1.165, 1.54) is 4.90 Å². The molecule has 6 heteroatoms. The van der Waals surface area contributed by atoms with Crippen LogP contribution in [0.1, 0.15) is 32.3 Å². The molecule has 1 heterocycles. The Kier molecular flexibility index (Phi) is 6.14. The van der Waals surface area contributed by atoms with Gasteiger partial charge in [-0.1, -0.05) is 42.4 Å². The van der Waals surface area contributed by atoms with Crippen LogP contribution in [0.15, 0.2) is 35.5 Å². The van der Waals surface area contributed by atoms with Gasteiger partial charge in [-0.2, -0.15) is 0 Å². The maximum atomic E-state index is 12.6. The first-order valence-electron chi connectivity index (χ1n) is 7.88. The van der Waals surface area contributed by atoms with E-state index in [0.29, 0.717) is 19.6 Å². The van der Waals surface area contributed by atoms with E-state index >= 15 is 0 Å². The first-order chi connectivity index (χ1) is 11.2. The van der Waals surface area contributed by atoms with Crippen molar-refractivity contribution in [2.24, 2.45) is 5.16 Å². The first-order valence-corrected chi connectivity index (χ1v) is 7.88. The van der Waals surface area contributed by atoms with Gasteiger partial charge in [0.25, 0.3) is 5.91 Å². The standard InChI is InChI=1S/C17H22N2O4/c1-3-10-19(12-16(20)22-4-2)17(21)15-11-14(18-23-15)13-8-6-5-7-9-13/h5-9,15H,3-4,10-12H2,1-2H3. The number of hydrogen-bond donors (Lipinski definition) is 0. The van der Waals surface area contributed by atoms with Crippen LogP contribution in [-0.4, -0.2) is 48.3 Å². The fourth-order valence-corrected chi connectivity index (χ4v) is 2.41. The second-order valence-electron chi connectivity index (χ2n) is 5.27. The molecule has 0 N–H and O–H groups in total. The summed E-state index contributed by atoms with van der Waals surface area (Å²) in [5, 5.41) is 4.02. The maximum absolute atomic E-state index is 12.6. The Bertz CT molecular complexity index is 571. The van der Waals surface area contributed by atoms with Gasteiger partial charge in [0, 0.05) is 13.0 Å². The molecule has 1 amide bonds. The molecule has 0 saturated carbocycles. The van der Waals surface area contributed by atoms with Crippen molar-refractivity contribution in [2.45, 2.75) is 32.8 Å². The van der Waals surface area contributed by atoms with Gasteiger partial charge in [0.05, 0.1) is 12.3 Å². The van der Waals surface area contributed by atoms with Crippen molar-refractivity contribution in [1.29, 1.82) is 0 Å². The first kappa shape index (κ1) is 17.0. The van der Waals surface area contributed by atoms with Crippen LogP contribution in [-0.2, 0) is 19.2 Å². The average molecular weight is 318 g/mol. The molecular weight excluding hydrogens is 296 g/mol. The summed E-state index contributed by atoms with van der Waals surface area (Å²) in [5.74, 6) is -0.633. The highest BCUT2D eigenvalue weighted by Crippen LogP contribution is 2.18. The number of carbonyl (C=O) groups is 2. The highest BCUT2D eigenvalue weighted by molar-refractivity contribution is 6.04. The number of ether oxygens (including phenoxy) is 1. The predicted octanol–water partition coefficient (Wildman–Crippen LogP) is 1.98. The monoisotopic (exact) mass is 318 g/mol. The SMILES string of the molecule is CCCN(CC(=O)OCC)C(=O)C1CC(c2ccccc2)=NO1.